The van der Waals surface area contributed by atoms with Gasteiger partial charge in [-0.05, 0) is 37.1 Å². The van der Waals surface area contributed by atoms with Gasteiger partial charge in [-0.3, -0.25) is 9.69 Å². The zero-order valence-electron chi connectivity index (χ0n) is 15.2. The lowest BCUT2D eigenvalue weighted by atomic mass is 10.2. The Hall–Kier alpha value is -2.31. The molecule has 2 heterocycles. The summed E-state index contributed by atoms with van der Waals surface area (Å²) < 4.78 is 13.0. The average Bonchev–Trinajstić information content (AvgIpc) is 2.68. The molecule has 3 rings (SSSR count). The molecule has 0 radical (unpaired) electrons. The highest BCUT2D eigenvalue weighted by atomic mass is 16.5. The van der Waals surface area contributed by atoms with Gasteiger partial charge in [0.1, 0.15) is 5.75 Å². The van der Waals surface area contributed by atoms with Crippen LogP contribution in [0.5, 0.6) is 11.5 Å². The van der Waals surface area contributed by atoms with Gasteiger partial charge in [-0.15, -0.1) is 0 Å². The van der Waals surface area contributed by atoms with Crippen LogP contribution < -0.4 is 10.2 Å². The van der Waals surface area contributed by atoms with Gasteiger partial charge in [0, 0.05) is 37.6 Å². The first-order valence-corrected chi connectivity index (χ1v) is 9.16. The lowest BCUT2D eigenvalue weighted by molar-refractivity contribution is 0.0358. The van der Waals surface area contributed by atoms with E-state index in [1.165, 1.54) is 6.07 Å². The molecule has 0 atom stereocenters. The Kier molecular flexibility index (Phi) is 6.30. The second-order valence-corrected chi connectivity index (χ2v) is 6.35. The number of pyridine rings is 1. The van der Waals surface area contributed by atoms with Gasteiger partial charge >= 0.3 is 0 Å². The quantitative estimate of drug-likeness (QED) is 0.769. The third-order valence-electron chi connectivity index (χ3n) is 4.61. The molecule has 1 aromatic carbocycles. The molecule has 1 aromatic heterocycles. The van der Waals surface area contributed by atoms with Crippen LogP contribution in [-0.4, -0.2) is 54.0 Å². The van der Waals surface area contributed by atoms with E-state index in [9.17, 15) is 9.90 Å². The van der Waals surface area contributed by atoms with Gasteiger partial charge in [0.25, 0.3) is 0 Å². The minimum Gasteiger partial charge on any atom is -0.503 e. The van der Waals surface area contributed by atoms with Crippen molar-refractivity contribution in [2.45, 2.75) is 19.8 Å². The highest BCUT2D eigenvalue weighted by molar-refractivity contribution is 5.42. The Morgan fingerprint density at radius 1 is 1.15 bits per heavy atom. The smallest absolute Gasteiger partial charge is 0.223 e. The first-order chi connectivity index (χ1) is 12.7. The lowest BCUT2D eigenvalue weighted by Crippen LogP contribution is -2.37. The number of hydrogen-bond acceptors (Lipinski definition) is 5. The minimum absolute atomic E-state index is 0.182. The predicted molar refractivity (Wildman–Crippen MR) is 100 cm³/mol. The molecule has 6 heteroatoms. The molecule has 0 saturated carbocycles. The van der Waals surface area contributed by atoms with Crippen molar-refractivity contribution < 1.29 is 14.6 Å². The molecular formula is C20H26N2O4. The fourth-order valence-electron chi connectivity index (χ4n) is 3.15. The minimum atomic E-state index is -0.349. The molecule has 140 valence electrons. The van der Waals surface area contributed by atoms with Gasteiger partial charge in [-0.25, -0.2) is 0 Å². The van der Waals surface area contributed by atoms with Gasteiger partial charge in [0.05, 0.1) is 25.5 Å². The summed E-state index contributed by atoms with van der Waals surface area (Å²) in [4.78, 5) is 14.0. The van der Waals surface area contributed by atoms with Crippen molar-refractivity contribution >= 4 is 0 Å². The van der Waals surface area contributed by atoms with E-state index in [4.69, 9.17) is 9.47 Å². The Bertz CT molecular complexity index is 764. The van der Waals surface area contributed by atoms with Crippen molar-refractivity contribution in [2.75, 3.05) is 39.5 Å². The maximum Gasteiger partial charge on any atom is 0.223 e. The van der Waals surface area contributed by atoms with Crippen LogP contribution in [0.25, 0.3) is 5.69 Å². The standard InChI is InChI=1S/C20H26N2O4/c1-2-18-20(24)19(23)8-10-22(18)16-4-6-17(7-5-16)26-13-3-9-21-11-14-25-15-12-21/h4-8,10,24H,2-3,9,11-15H2,1H3. The summed E-state index contributed by atoms with van der Waals surface area (Å²) in [5.74, 6) is 0.637. The molecule has 0 amide bonds. The van der Waals surface area contributed by atoms with E-state index in [0.717, 1.165) is 50.7 Å². The van der Waals surface area contributed by atoms with Crippen molar-refractivity contribution in [1.29, 1.82) is 0 Å². The monoisotopic (exact) mass is 358 g/mol. The molecule has 1 saturated heterocycles. The molecule has 26 heavy (non-hydrogen) atoms. The molecule has 1 fully saturated rings. The number of rotatable bonds is 7. The summed E-state index contributed by atoms with van der Waals surface area (Å²) >= 11 is 0. The second kappa shape index (κ2) is 8.87. The Morgan fingerprint density at radius 3 is 2.58 bits per heavy atom. The maximum absolute atomic E-state index is 11.6. The Labute approximate surface area is 153 Å². The van der Waals surface area contributed by atoms with E-state index in [1.807, 2.05) is 35.8 Å². The molecule has 1 N–H and O–H groups in total. The van der Waals surface area contributed by atoms with Crippen molar-refractivity contribution in [3.05, 3.63) is 52.4 Å². The van der Waals surface area contributed by atoms with E-state index < -0.39 is 0 Å². The number of morpholine rings is 1. The van der Waals surface area contributed by atoms with Gasteiger partial charge < -0.3 is 19.1 Å². The highest BCUT2D eigenvalue weighted by Crippen LogP contribution is 2.20. The summed E-state index contributed by atoms with van der Waals surface area (Å²) in [6, 6.07) is 9.07. The Morgan fingerprint density at radius 2 is 1.88 bits per heavy atom. The van der Waals surface area contributed by atoms with Gasteiger partial charge in [0.15, 0.2) is 5.75 Å². The third-order valence-corrected chi connectivity index (χ3v) is 4.61. The summed E-state index contributed by atoms with van der Waals surface area (Å²) in [5.41, 5.74) is 1.15. The van der Waals surface area contributed by atoms with Crippen molar-refractivity contribution in [3.8, 4) is 17.2 Å². The van der Waals surface area contributed by atoms with E-state index in [0.29, 0.717) is 18.7 Å². The normalized spacial score (nSPS) is 15.1. The van der Waals surface area contributed by atoms with Crippen LogP contribution in [-0.2, 0) is 11.2 Å². The lowest BCUT2D eigenvalue weighted by Gasteiger charge is -2.26. The fourth-order valence-corrected chi connectivity index (χ4v) is 3.15. The average molecular weight is 358 g/mol. The van der Waals surface area contributed by atoms with Crippen LogP contribution in [0.1, 0.15) is 19.0 Å². The van der Waals surface area contributed by atoms with Crippen LogP contribution in [0.3, 0.4) is 0 Å². The van der Waals surface area contributed by atoms with Crippen LogP contribution >= 0.6 is 0 Å². The molecule has 1 aliphatic rings. The molecule has 1 aliphatic heterocycles. The number of aromatic hydroxyl groups is 1. The highest BCUT2D eigenvalue weighted by Gasteiger charge is 2.10. The molecular weight excluding hydrogens is 332 g/mol. The second-order valence-electron chi connectivity index (χ2n) is 6.35. The van der Waals surface area contributed by atoms with E-state index in [-0.39, 0.29) is 11.2 Å². The van der Waals surface area contributed by atoms with Crippen LogP contribution in [0.2, 0.25) is 0 Å². The SMILES string of the molecule is CCc1c(O)c(=O)ccn1-c1ccc(OCCCN2CCOCC2)cc1. The molecule has 0 aliphatic carbocycles. The van der Waals surface area contributed by atoms with E-state index >= 15 is 0 Å². The first kappa shape index (κ1) is 18.5. The van der Waals surface area contributed by atoms with Crippen LogP contribution in [0.4, 0.5) is 0 Å². The summed E-state index contributed by atoms with van der Waals surface area (Å²) in [7, 11) is 0. The van der Waals surface area contributed by atoms with Crippen LogP contribution in [0.15, 0.2) is 41.3 Å². The first-order valence-electron chi connectivity index (χ1n) is 9.16. The number of aromatic nitrogens is 1. The van der Waals surface area contributed by atoms with E-state index in [2.05, 4.69) is 4.90 Å². The molecule has 6 nitrogen and oxygen atoms in total. The summed E-state index contributed by atoms with van der Waals surface area (Å²) in [6.07, 6.45) is 3.25. The van der Waals surface area contributed by atoms with Crippen molar-refractivity contribution in [3.63, 3.8) is 0 Å². The third kappa shape index (κ3) is 4.45. The molecule has 0 bridgehead atoms. The zero-order valence-corrected chi connectivity index (χ0v) is 15.2. The fraction of sp³-hybridized carbons (Fsp3) is 0.450. The van der Waals surface area contributed by atoms with Gasteiger partial charge in [-0.1, -0.05) is 6.92 Å². The number of hydrogen-bond donors (Lipinski definition) is 1. The summed E-state index contributed by atoms with van der Waals surface area (Å²) in [6.45, 7) is 7.26. The van der Waals surface area contributed by atoms with Crippen LogP contribution in [0, 0.1) is 0 Å². The van der Waals surface area contributed by atoms with E-state index in [1.54, 1.807) is 6.20 Å². The zero-order chi connectivity index (χ0) is 18.4. The predicted octanol–water partition coefficient (Wildman–Crippen LogP) is 2.21. The summed E-state index contributed by atoms with van der Waals surface area (Å²) in [5, 5.41) is 9.98. The largest absolute Gasteiger partial charge is 0.503 e. The number of nitrogens with zero attached hydrogens (tertiary/aromatic N) is 2. The van der Waals surface area contributed by atoms with Crippen molar-refractivity contribution in [2.24, 2.45) is 0 Å². The maximum atomic E-state index is 11.6. The molecule has 0 spiro atoms. The van der Waals surface area contributed by atoms with Crippen molar-refractivity contribution in [1.82, 2.24) is 9.47 Å². The Balaban J connectivity index is 1.57. The topological polar surface area (TPSA) is 63.9 Å². The molecule has 0 unspecified atom stereocenters. The number of ether oxygens (including phenoxy) is 2. The van der Waals surface area contributed by atoms with Gasteiger partial charge in [-0.2, -0.15) is 0 Å². The van der Waals surface area contributed by atoms with Gasteiger partial charge in [0.2, 0.25) is 5.43 Å². The molecule has 2 aromatic rings. The number of benzene rings is 1.